The van der Waals surface area contributed by atoms with Crippen LogP contribution in [0.5, 0.6) is 0 Å². The minimum atomic E-state index is 0.0274. The second kappa shape index (κ2) is 6.06. The third-order valence-electron chi connectivity index (χ3n) is 4.85. The van der Waals surface area contributed by atoms with Gasteiger partial charge in [0.1, 0.15) is 0 Å². The van der Waals surface area contributed by atoms with E-state index in [1.54, 1.807) is 0 Å². The molecule has 0 aliphatic carbocycles. The maximum Gasteiger partial charge on any atom is 0.225 e. The summed E-state index contributed by atoms with van der Waals surface area (Å²) in [5, 5.41) is 6.73. The summed E-state index contributed by atoms with van der Waals surface area (Å²) >= 11 is 0. The van der Waals surface area contributed by atoms with Crippen LogP contribution in [0.25, 0.3) is 0 Å². The molecule has 1 saturated heterocycles. The number of carbonyl (C=O) groups is 1. The molecule has 0 radical (unpaired) electrons. The molecule has 0 spiro atoms. The fourth-order valence-electron chi connectivity index (χ4n) is 3.38. The van der Waals surface area contributed by atoms with Crippen LogP contribution < -0.4 is 10.6 Å². The van der Waals surface area contributed by atoms with Crippen LogP contribution in [0, 0.1) is 5.92 Å². The number of likely N-dealkylation sites (tertiary alicyclic amines) is 1. The van der Waals surface area contributed by atoms with Gasteiger partial charge in [-0.3, -0.25) is 4.79 Å². The molecule has 3 rings (SSSR count). The van der Waals surface area contributed by atoms with Gasteiger partial charge in [-0.05, 0) is 58.0 Å². The van der Waals surface area contributed by atoms with Crippen molar-refractivity contribution in [1.82, 2.24) is 10.2 Å². The van der Waals surface area contributed by atoms with E-state index in [1.807, 2.05) is 12.1 Å². The van der Waals surface area contributed by atoms with Crippen molar-refractivity contribution in [2.45, 2.75) is 38.3 Å². The molecular formula is C17H25N3O. The standard InChI is InChI=1S/C17H25N3O/c1-12-15(11-13-5-3-4-6-16(13)18-12)17(21)19-14-7-9-20(2)10-8-14/h3-6,12,14-15,18H,7-11H2,1-2H3,(H,19,21). The maximum absolute atomic E-state index is 12.6. The van der Waals surface area contributed by atoms with E-state index in [0.29, 0.717) is 6.04 Å². The zero-order valence-corrected chi connectivity index (χ0v) is 12.9. The van der Waals surface area contributed by atoms with Gasteiger partial charge in [-0.1, -0.05) is 18.2 Å². The van der Waals surface area contributed by atoms with Gasteiger partial charge >= 0.3 is 0 Å². The highest BCUT2D eigenvalue weighted by atomic mass is 16.2. The summed E-state index contributed by atoms with van der Waals surface area (Å²) in [5.74, 6) is 0.235. The Morgan fingerprint density at radius 2 is 2.00 bits per heavy atom. The highest BCUT2D eigenvalue weighted by Gasteiger charge is 2.31. The molecule has 2 aliphatic rings. The Balaban J connectivity index is 1.62. The molecule has 1 aromatic carbocycles. The van der Waals surface area contributed by atoms with Gasteiger partial charge in [0.25, 0.3) is 0 Å². The normalized spacial score (nSPS) is 26.8. The Hall–Kier alpha value is -1.55. The average Bonchev–Trinajstić information content (AvgIpc) is 2.49. The summed E-state index contributed by atoms with van der Waals surface area (Å²) in [7, 11) is 2.14. The van der Waals surface area contributed by atoms with Crippen molar-refractivity contribution in [3.63, 3.8) is 0 Å². The van der Waals surface area contributed by atoms with E-state index in [4.69, 9.17) is 0 Å². The van der Waals surface area contributed by atoms with Crippen LogP contribution in [0.15, 0.2) is 24.3 Å². The van der Waals surface area contributed by atoms with Crippen LogP contribution in [-0.2, 0) is 11.2 Å². The SMILES string of the molecule is CC1Nc2ccccc2CC1C(=O)NC1CCN(C)CC1. The lowest BCUT2D eigenvalue weighted by atomic mass is 9.87. The Labute approximate surface area is 126 Å². The van der Waals surface area contributed by atoms with Crippen molar-refractivity contribution in [3.05, 3.63) is 29.8 Å². The van der Waals surface area contributed by atoms with Crippen molar-refractivity contribution >= 4 is 11.6 Å². The third-order valence-corrected chi connectivity index (χ3v) is 4.85. The molecule has 2 N–H and O–H groups in total. The van der Waals surface area contributed by atoms with Gasteiger partial charge in [-0.2, -0.15) is 0 Å². The van der Waals surface area contributed by atoms with E-state index < -0.39 is 0 Å². The molecule has 0 aromatic heterocycles. The summed E-state index contributed by atoms with van der Waals surface area (Å²) in [5.41, 5.74) is 2.42. The van der Waals surface area contributed by atoms with E-state index in [2.05, 4.69) is 41.6 Å². The summed E-state index contributed by atoms with van der Waals surface area (Å²) in [4.78, 5) is 14.9. The Kier molecular flexibility index (Phi) is 4.15. The number of anilines is 1. The number of hydrogen-bond acceptors (Lipinski definition) is 3. The van der Waals surface area contributed by atoms with Crippen LogP contribution in [0.3, 0.4) is 0 Å². The number of nitrogens with zero attached hydrogens (tertiary/aromatic N) is 1. The fourth-order valence-corrected chi connectivity index (χ4v) is 3.38. The first-order valence-electron chi connectivity index (χ1n) is 7.97. The molecule has 2 heterocycles. The predicted molar refractivity (Wildman–Crippen MR) is 85.4 cm³/mol. The average molecular weight is 287 g/mol. The van der Waals surface area contributed by atoms with Gasteiger partial charge in [-0.15, -0.1) is 0 Å². The van der Waals surface area contributed by atoms with Gasteiger partial charge in [0.05, 0.1) is 5.92 Å². The summed E-state index contributed by atoms with van der Waals surface area (Å²) in [6.07, 6.45) is 2.96. The molecule has 4 nitrogen and oxygen atoms in total. The van der Waals surface area contributed by atoms with E-state index >= 15 is 0 Å². The van der Waals surface area contributed by atoms with Crippen LogP contribution >= 0.6 is 0 Å². The molecule has 1 amide bonds. The Bertz CT molecular complexity index is 509. The minimum absolute atomic E-state index is 0.0274. The van der Waals surface area contributed by atoms with Crippen molar-refractivity contribution in [1.29, 1.82) is 0 Å². The van der Waals surface area contributed by atoms with Gasteiger partial charge in [0.15, 0.2) is 0 Å². The molecule has 2 aliphatic heterocycles. The lowest BCUT2D eigenvalue weighted by molar-refractivity contribution is -0.126. The van der Waals surface area contributed by atoms with Crippen molar-refractivity contribution in [2.24, 2.45) is 5.92 Å². The van der Waals surface area contributed by atoms with E-state index in [0.717, 1.165) is 32.4 Å². The molecule has 1 fully saturated rings. The summed E-state index contributed by atoms with van der Waals surface area (Å²) < 4.78 is 0. The number of carbonyl (C=O) groups excluding carboxylic acids is 1. The van der Waals surface area contributed by atoms with Crippen molar-refractivity contribution < 1.29 is 4.79 Å². The minimum Gasteiger partial charge on any atom is -0.382 e. The number of amides is 1. The number of rotatable bonds is 2. The van der Waals surface area contributed by atoms with Gasteiger partial charge in [-0.25, -0.2) is 0 Å². The zero-order valence-electron chi connectivity index (χ0n) is 12.9. The maximum atomic E-state index is 12.6. The van der Waals surface area contributed by atoms with Crippen LogP contribution in [0.4, 0.5) is 5.69 Å². The quantitative estimate of drug-likeness (QED) is 0.873. The molecule has 4 heteroatoms. The molecule has 0 bridgehead atoms. The first kappa shape index (κ1) is 14.4. The third kappa shape index (κ3) is 3.21. The number of piperidine rings is 1. The molecule has 21 heavy (non-hydrogen) atoms. The van der Waals surface area contributed by atoms with E-state index in [9.17, 15) is 4.79 Å². The largest absolute Gasteiger partial charge is 0.382 e. The highest BCUT2D eigenvalue weighted by Crippen LogP contribution is 2.28. The first-order valence-corrected chi connectivity index (χ1v) is 7.97. The van der Waals surface area contributed by atoms with E-state index in [1.165, 1.54) is 11.3 Å². The second-order valence-corrected chi connectivity index (χ2v) is 6.49. The summed E-state index contributed by atoms with van der Waals surface area (Å²) in [6, 6.07) is 8.82. The smallest absolute Gasteiger partial charge is 0.225 e. The molecule has 1 aromatic rings. The number of nitrogens with one attached hydrogen (secondary N) is 2. The molecular weight excluding hydrogens is 262 g/mol. The van der Waals surface area contributed by atoms with Crippen molar-refractivity contribution in [2.75, 3.05) is 25.5 Å². The fraction of sp³-hybridized carbons (Fsp3) is 0.588. The van der Waals surface area contributed by atoms with Gasteiger partial charge in [0.2, 0.25) is 5.91 Å². The molecule has 2 unspecified atom stereocenters. The second-order valence-electron chi connectivity index (χ2n) is 6.49. The van der Waals surface area contributed by atoms with Crippen LogP contribution in [0.2, 0.25) is 0 Å². The lowest BCUT2D eigenvalue weighted by Crippen LogP contribution is -2.49. The molecule has 2 atom stereocenters. The lowest BCUT2D eigenvalue weighted by Gasteiger charge is -2.34. The topological polar surface area (TPSA) is 44.4 Å². The van der Waals surface area contributed by atoms with Crippen LogP contribution in [0.1, 0.15) is 25.3 Å². The highest BCUT2D eigenvalue weighted by molar-refractivity contribution is 5.81. The number of fused-ring (bicyclic) bond motifs is 1. The Morgan fingerprint density at radius 3 is 2.76 bits per heavy atom. The van der Waals surface area contributed by atoms with E-state index in [-0.39, 0.29) is 17.9 Å². The van der Waals surface area contributed by atoms with Crippen LogP contribution in [-0.4, -0.2) is 43.0 Å². The first-order chi connectivity index (χ1) is 10.1. The molecule has 114 valence electrons. The van der Waals surface area contributed by atoms with Gasteiger partial charge in [0, 0.05) is 17.8 Å². The van der Waals surface area contributed by atoms with Crippen molar-refractivity contribution in [3.8, 4) is 0 Å². The number of benzene rings is 1. The molecule has 0 saturated carbocycles. The Morgan fingerprint density at radius 1 is 1.29 bits per heavy atom. The monoisotopic (exact) mass is 287 g/mol. The zero-order chi connectivity index (χ0) is 14.8. The predicted octanol–water partition coefficient (Wildman–Crippen LogP) is 1.87. The number of para-hydroxylation sites is 1. The summed E-state index contributed by atoms with van der Waals surface area (Å²) in [6.45, 7) is 4.26. The number of hydrogen-bond donors (Lipinski definition) is 2. The van der Waals surface area contributed by atoms with Gasteiger partial charge < -0.3 is 15.5 Å².